The van der Waals surface area contributed by atoms with Crippen LogP contribution in [0.5, 0.6) is 0 Å². The van der Waals surface area contributed by atoms with Crippen LogP contribution in [-0.2, 0) is 21.2 Å². The fourth-order valence-corrected chi connectivity index (χ4v) is 4.86. The number of nitrogens with zero attached hydrogens (tertiary/aromatic N) is 1. The van der Waals surface area contributed by atoms with E-state index in [4.69, 9.17) is 0 Å². The van der Waals surface area contributed by atoms with E-state index in [2.05, 4.69) is 10.0 Å². The second kappa shape index (κ2) is 9.17. The molecule has 1 aromatic rings. The molecular weight excluding hydrogens is 362 g/mol. The van der Waals surface area contributed by atoms with Crippen LogP contribution in [0.25, 0.3) is 0 Å². The van der Waals surface area contributed by atoms with Gasteiger partial charge in [0, 0.05) is 25.6 Å². The van der Waals surface area contributed by atoms with E-state index in [-0.39, 0.29) is 11.9 Å². The Hall–Kier alpha value is -1.44. The number of likely N-dealkylation sites (tertiary alicyclic amines) is 1. The Balaban J connectivity index is 1.44. The number of nitrogens with one attached hydrogen (secondary N) is 2. The summed E-state index contributed by atoms with van der Waals surface area (Å²) >= 11 is 0. The molecule has 1 heterocycles. The largest absolute Gasteiger partial charge is 0.343 e. The summed E-state index contributed by atoms with van der Waals surface area (Å²) < 4.78 is 27.0. The molecule has 0 bridgehead atoms. The van der Waals surface area contributed by atoms with Crippen molar-refractivity contribution in [2.24, 2.45) is 5.92 Å². The zero-order valence-corrected chi connectivity index (χ0v) is 16.9. The first kappa shape index (κ1) is 20.3. The number of sulfonamides is 1. The molecular formula is C20H31N3O3S. The van der Waals surface area contributed by atoms with Gasteiger partial charge in [-0.25, -0.2) is 13.1 Å². The lowest BCUT2D eigenvalue weighted by molar-refractivity contribution is -0.132. The highest BCUT2D eigenvalue weighted by Gasteiger charge is 2.28. The number of aryl methyl sites for hydroxylation is 1. The number of carbonyl (C=O) groups excluding carboxylic acids is 1. The Morgan fingerprint density at radius 3 is 2.37 bits per heavy atom. The van der Waals surface area contributed by atoms with Crippen LogP contribution >= 0.6 is 0 Å². The van der Waals surface area contributed by atoms with Gasteiger partial charge in [-0.3, -0.25) is 4.79 Å². The van der Waals surface area contributed by atoms with Crippen molar-refractivity contribution >= 4 is 15.9 Å². The van der Waals surface area contributed by atoms with Crippen molar-refractivity contribution in [3.05, 3.63) is 29.8 Å². The summed E-state index contributed by atoms with van der Waals surface area (Å²) in [7, 11) is -1.43. The molecule has 2 N–H and O–H groups in total. The summed E-state index contributed by atoms with van der Waals surface area (Å²) in [6, 6.07) is 7.02. The van der Waals surface area contributed by atoms with Gasteiger partial charge in [0.15, 0.2) is 0 Å². The molecule has 0 aromatic heterocycles. The van der Waals surface area contributed by atoms with Gasteiger partial charge < -0.3 is 10.2 Å². The number of amides is 1. The lowest BCUT2D eigenvalue weighted by atomic mass is 9.93. The van der Waals surface area contributed by atoms with E-state index in [1.807, 2.05) is 24.1 Å². The fraction of sp³-hybridized carbons (Fsp3) is 0.650. The van der Waals surface area contributed by atoms with Crippen molar-refractivity contribution in [1.82, 2.24) is 14.9 Å². The standard InChI is InChI=1S/C20H31N3O3S/c1-21-13-10-17-11-14-23(15-12-17)20(24)9-4-16-2-7-19(8-3-16)27(25,26)22-18-5-6-18/h2-3,7-8,17-18,21-22H,4-6,9-15H2,1H3. The van der Waals surface area contributed by atoms with Crippen LogP contribution in [0.1, 0.15) is 44.1 Å². The Labute approximate surface area is 162 Å². The second-order valence-electron chi connectivity index (χ2n) is 7.76. The number of hydrogen-bond donors (Lipinski definition) is 2. The number of carbonyl (C=O) groups is 1. The summed E-state index contributed by atoms with van der Waals surface area (Å²) in [6.07, 6.45) is 6.34. The summed E-state index contributed by atoms with van der Waals surface area (Å²) in [5.41, 5.74) is 0.998. The second-order valence-corrected chi connectivity index (χ2v) is 9.47. The molecule has 7 heteroatoms. The van der Waals surface area contributed by atoms with Gasteiger partial charge >= 0.3 is 0 Å². The molecule has 2 fully saturated rings. The highest BCUT2D eigenvalue weighted by molar-refractivity contribution is 7.89. The molecule has 1 aromatic carbocycles. The Morgan fingerprint density at radius 1 is 1.11 bits per heavy atom. The zero-order valence-electron chi connectivity index (χ0n) is 16.1. The highest BCUT2D eigenvalue weighted by Crippen LogP contribution is 2.23. The first-order valence-corrected chi connectivity index (χ1v) is 11.5. The van der Waals surface area contributed by atoms with Crippen molar-refractivity contribution in [1.29, 1.82) is 0 Å². The van der Waals surface area contributed by atoms with Crippen molar-refractivity contribution in [2.45, 2.75) is 55.9 Å². The number of benzene rings is 1. The van der Waals surface area contributed by atoms with Crippen LogP contribution in [0.15, 0.2) is 29.2 Å². The summed E-state index contributed by atoms with van der Waals surface area (Å²) in [6.45, 7) is 2.76. The minimum Gasteiger partial charge on any atom is -0.343 e. The third-order valence-electron chi connectivity index (χ3n) is 5.53. The lowest BCUT2D eigenvalue weighted by Crippen LogP contribution is -2.39. The van der Waals surface area contributed by atoms with Crippen LogP contribution in [-0.4, -0.2) is 51.9 Å². The van der Waals surface area contributed by atoms with Crippen LogP contribution in [0.4, 0.5) is 0 Å². The average molecular weight is 394 g/mol. The Morgan fingerprint density at radius 2 is 1.78 bits per heavy atom. The zero-order chi connectivity index (χ0) is 19.3. The van der Waals surface area contributed by atoms with E-state index >= 15 is 0 Å². The predicted octanol–water partition coefficient (Wildman–Crippen LogP) is 1.91. The van der Waals surface area contributed by atoms with Gasteiger partial charge in [0.1, 0.15) is 0 Å². The van der Waals surface area contributed by atoms with Crippen LogP contribution < -0.4 is 10.0 Å². The smallest absolute Gasteiger partial charge is 0.240 e. The van der Waals surface area contributed by atoms with E-state index in [1.54, 1.807) is 12.1 Å². The van der Waals surface area contributed by atoms with Crippen LogP contribution in [0.3, 0.4) is 0 Å². The van der Waals surface area contributed by atoms with Gasteiger partial charge in [0.2, 0.25) is 15.9 Å². The SMILES string of the molecule is CNCCC1CCN(C(=O)CCc2ccc(S(=O)(=O)NC3CC3)cc2)CC1. The molecule has 0 atom stereocenters. The van der Waals surface area contributed by atoms with E-state index in [0.717, 1.165) is 56.8 Å². The van der Waals surface area contributed by atoms with E-state index in [1.165, 1.54) is 6.42 Å². The number of rotatable bonds is 9. The van der Waals surface area contributed by atoms with Gasteiger partial charge in [0.25, 0.3) is 0 Å². The summed E-state index contributed by atoms with van der Waals surface area (Å²) in [4.78, 5) is 14.7. The Bertz CT molecular complexity index is 721. The van der Waals surface area contributed by atoms with Crippen LogP contribution in [0.2, 0.25) is 0 Å². The normalized spacial score (nSPS) is 18.6. The first-order chi connectivity index (χ1) is 13.0. The third-order valence-corrected chi connectivity index (χ3v) is 7.07. The predicted molar refractivity (Wildman–Crippen MR) is 106 cm³/mol. The fourth-order valence-electron chi connectivity index (χ4n) is 3.55. The molecule has 27 heavy (non-hydrogen) atoms. The molecule has 1 aliphatic carbocycles. The molecule has 1 saturated carbocycles. The van der Waals surface area contributed by atoms with Crippen molar-refractivity contribution < 1.29 is 13.2 Å². The number of hydrogen-bond acceptors (Lipinski definition) is 4. The number of piperidine rings is 1. The topological polar surface area (TPSA) is 78.5 Å². The summed E-state index contributed by atoms with van der Waals surface area (Å²) in [5, 5.41) is 3.19. The third kappa shape index (κ3) is 6.02. The van der Waals surface area contributed by atoms with Gasteiger partial charge in [-0.15, -0.1) is 0 Å². The molecule has 6 nitrogen and oxygen atoms in total. The molecule has 0 unspecified atom stereocenters. The van der Waals surface area contributed by atoms with Gasteiger partial charge in [-0.05, 0) is 75.7 Å². The minimum absolute atomic E-state index is 0.106. The lowest BCUT2D eigenvalue weighted by Gasteiger charge is -2.32. The average Bonchev–Trinajstić information content (AvgIpc) is 3.48. The molecule has 1 amide bonds. The Kier molecular flexibility index (Phi) is 6.89. The van der Waals surface area contributed by atoms with E-state index < -0.39 is 10.0 Å². The van der Waals surface area contributed by atoms with Crippen LogP contribution in [0, 0.1) is 5.92 Å². The molecule has 2 aliphatic rings. The van der Waals surface area contributed by atoms with Crippen molar-refractivity contribution in [3.63, 3.8) is 0 Å². The maximum absolute atomic E-state index is 12.5. The van der Waals surface area contributed by atoms with E-state index in [0.29, 0.717) is 17.7 Å². The molecule has 1 saturated heterocycles. The molecule has 3 rings (SSSR count). The molecule has 150 valence electrons. The molecule has 0 radical (unpaired) electrons. The highest BCUT2D eigenvalue weighted by atomic mass is 32.2. The maximum atomic E-state index is 12.5. The van der Waals surface area contributed by atoms with Crippen molar-refractivity contribution in [3.8, 4) is 0 Å². The molecule has 1 aliphatic heterocycles. The maximum Gasteiger partial charge on any atom is 0.240 e. The van der Waals surface area contributed by atoms with Gasteiger partial charge in [0.05, 0.1) is 4.90 Å². The van der Waals surface area contributed by atoms with E-state index in [9.17, 15) is 13.2 Å². The van der Waals surface area contributed by atoms with Crippen molar-refractivity contribution in [2.75, 3.05) is 26.7 Å². The minimum atomic E-state index is -3.40. The van der Waals surface area contributed by atoms with Gasteiger partial charge in [-0.2, -0.15) is 0 Å². The quantitative estimate of drug-likeness (QED) is 0.672. The monoisotopic (exact) mass is 393 g/mol. The van der Waals surface area contributed by atoms with Gasteiger partial charge in [-0.1, -0.05) is 12.1 Å². The first-order valence-electron chi connectivity index (χ1n) is 10.0. The molecule has 0 spiro atoms. The summed E-state index contributed by atoms with van der Waals surface area (Å²) in [5.74, 6) is 0.925.